The highest BCUT2D eigenvalue weighted by Crippen LogP contribution is 2.27. The van der Waals surface area contributed by atoms with E-state index in [4.69, 9.17) is 21.1 Å². The fraction of sp³-hybridized carbons (Fsp3) is 0.250. The highest BCUT2D eigenvalue weighted by molar-refractivity contribution is 6.31. The molecule has 0 amide bonds. The van der Waals surface area contributed by atoms with Gasteiger partial charge in [0.1, 0.15) is 0 Å². The number of ether oxygens (including phenoxy) is 2. The van der Waals surface area contributed by atoms with Gasteiger partial charge < -0.3 is 14.8 Å². The van der Waals surface area contributed by atoms with Crippen molar-refractivity contribution in [2.24, 2.45) is 0 Å². The minimum atomic E-state index is 0.730. The summed E-state index contributed by atoms with van der Waals surface area (Å²) in [6, 6.07) is 13.7. The highest BCUT2D eigenvalue weighted by Gasteiger charge is 2.04. The summed E-state index contributed by atoms with van der Waals surface area (Å²) < 4.78 is 10.5. The predicted octanol–water partition coefficient (Wildman–Crippen LogP) is 3.65. The van der Waals surface area contributed by atoms with Crippen LogP contribution in [0.5, 0.6) is 11.5 Å². The molecule has 0 atom stereocenters. The van der Waals surface area contributed by atoms with Gasteiger partial charge in [-0.1, -0.05) is 35.9 Å². The van der Waals surface area contributed by atoms with Crippen LogP contribution in [0.4, 0.5) is 0 Å². The van der Waals surface area contributed by atoms with Gasteiger partial charge in [-0.3, -0.25) is 0 Å². The second-order valence-corrected chi connectivity index (χ2v) is 4.79. The Balaban J connectivity index is 1.96. The van der Waals surface area contributed by atoms with Crippen LogP contribution in [0.2, 0.25) is 5.02 Å². The van der Waals surface area contributed by atoms with Gasteiger partial charge in [-0.25, -0.2) is 0 Å². The number of benzene rings is 2. The fourth-order valence-electron chi connectivity index (χ4n) is 1.97. The zero-order valence-electron chi connectivity index (χ0n) is 11.7. The van der Waals surface area contributed by atoms with E-state index in [1.54, 1.807) is 14.2 Å². The lowest BCUT2D eigenvalue weighted by Crippen LogP contribution is -2.13. The molecule has 0 radical (unpaired) electrons. The summed E-state index contributed by atoms with van der Waals surface area (Å²) in [7, 11) is 3.27. The van der Waals surface area contributed by atoms with Crippen molar-refractivity contribution in [1.29, 1.82) is 0 Å². The van der Waals surface area contributed by atoms with Gasteiger partial charge in [0.2, 0.25) is 0 Å². The summed E-state index contributed by atoms with van der Waals surface area (Å²) in [6.07, 6.45) is 0. The average Bonchev–Trinajstić information content (AvgIpc) is 2.49. The Labute approximate surface area is 124 Å². The minimum Gasteiger partial charge on any atom is -0.493 e. The molecule has 0 unspecified atom stereocenters. The Kier molecular flexibility index (Phi) is 5.27. The van der Waals surface area contributed by atoms with Crippen molar-refractivity contribution >= 4 is 11.6 Å². The molecule has 0 spiro atoms. The number of nitrogens with one attached hydrogen (secondary N) is 1. The number of halogens is 1. The van der Waals surface area contributed by atoms with Crippen LogP contribution >= 0.6 is 11.6 Å². The Bertz CT molecular complexity index is 572. The van der Waals surface area contributed by atoms with Gasteiger partial charge in [0.25, 0.3) is 0 Å². The second kappa shape index (κ2) is 7.17. The smallest absolute Gasteiger partial charge is 0.161 e. The molecule has 0 bridgehead atoms. The summed E-state index contributed by atoms with van der Waals surface area (Å²) in [5, 5.41) is 4.15. The zero-order valence-corrected chi connectivity index (χ0v) is 12.4. The topological polar surface area (TPSA) is 30.5 Å². The molecule has 0 aromatic heterocycles. The zero-order chi connectivity index (χ0) is 14.4. The molecule has 20 heavy (non-hydrogen) atoms. The molecule has 4 heteroatoms. The van der Waals surface area contributed by atoms with Gasteiger partial charge in [0.15, 0.2) is 11.5 Å². The first kappa shape index (κ1) is 14.7. The van der Waals surface area contributed by atoms with Gasteiger partial charge >= 0.3 is 0 Å². The number of hydrogen-bond acceptors (Lipinski definition) is 3. The summed E-state index contributed by atoms with van der Waals surface area (Å²) in [6.45, 7) is 1.47. The summed E-state index contributed by atoms with van der Waals surface area (Å²) >= 11 is 6.12. The number of hydrogen-bond donors (Lipinski definition) is 1. The molecular weight excluding hydrogens is 274 g/mol. The molecule has 0 heterocycles. The maximum Gasteiger partial charge on any atom is 0.161 e. The van der Waals surface area contributed by atoms with E-state index in [9.17, 15) is 0 Å². The summed E-state index contributed by atoms with van der Waals surface area (Å²) in [5.74, 6) is 1.48. The van der Waals surface area contributed by atoms with Gasteiger partial charge in [0.05, 0.1) is 14.2 Å². The SMILES string of the molecule is COc1ccc(CNCc2ccccc2Cl)cc1OC. The molecular formula is C16H18ClNO2. The van der Waals surface area contributed by atoms with Gasteiger partial charge in [0, 0.05) is 18.1 Å². The lowest BCUT2D eigenvalue weighted by atomic mass is 10.2. The molecule has 106 valence electrons. The molecule has 0 saturated heterocycles. The van der Waals surface area contributed by atoms with Crippen LogP contribution in [0.25, 0.3) is 0 Å². The third kappa shape index (κ3) is 3.65. The van der Waals surface area contributed by atoms with Crippen molar-refractivity contribution in [3.8, 4) is 11.5 Å². The van der Waals surface area contributed by atoms with Crippen molar-refractivity contribution < 1.29 is 9.47 Å². The summed E-state index contributed by atoms with van der Waals surface area (Å²) in [5.41, 5.74) is 2.23. The standard InChI is InChI=1S/C16H18ClNO2/c1-19-15-8-7-12(9-16(15)20-2)10-18-11-13-5-3-4-6-14(13)17/h3-9,18H,10-11H2,1-2H3. The molecule has 0 saturated carbocycles. The third-order valence-corrected chi connectivity index (χ3v) is 3.42. The predicted molar refractivity (Wildman–Crippen MR) is 81.5 cm³/mol. The van der Waals surface area contributed by atoms with Crippen LogP contribution in [0.3, 0.4) is 0 Å². The monoisotopic (exact) mass is 291 g/mol. The van der Waals surface area contributed by atoms with E-state index >= 15 is 0 Å². The summed E-state index contributed by atoms with van der Waals surface area (Å²) in [4.78, 5) is 0. The lowest BCUT2D eigenvalue weighted by molar-refractivity contribution is 0.354. The van der Waals surface area contributed by atoms with E-state index in [1.165, 1.54) is 0 Å². The Morgan fingerprint density at radius 3 is 2.40 bits per heavy atom. The van der Waals surface area contributed by atoms with E-state index in [1.807, 2.05) is 42.5 Å². The van der Waals surface area contributed by atoms with Crippen LogP contribution in [-0.2, 0) is 13.1 Å². The maximum atomic E-state index is 6.12. The van der Waals surface area contributed by atoms with Crippen LogP contribution in [-0.4, -0.2) is 14.2 Å². The van der Waals surface area contributed by atoms with Crippen LogP contribution in [0.15, 0.2) is 42.5 Å². The first-order valence-corrected chi connectivity index (χ1v) is 6.77. The molecule has 2 aromatic carbocycles. The minimum absolute atomic E-state index is 0.730. The van der Waals surface area contributed by atoms with E-state index < -0.39 is 0 Å². The van der Waals surface area contributed by atoms with Crippen molar-refractivity contribution in [3.05, 3.63) is 58.6 Å². The Morgan fingerprint density at radius 2 is 1.70 bits per heavy atom. The fourth-order valence-corrected chi connectivity index (χ4v) is 2.18. The van der Waals surface area contributed by atoms with Gasteiger partial charge in [-0.15, -0.1) is 0 Å². The van der Waals surface area contributed by atoms with Crippen LogP contribution in [0.1, 0.15) is 11.1 Å². The third-order valence-electron chi connectivity index (χ3n) is 3.05. The Morgan fingerprint density at radius 1 is 0.950 bits per heavy atom. The van der Waals surface area contributed by atoms with Crippen molar-refractivity contribution in [2.75, 3.05) is 14.2 Å². The molecule has 2 aromatic rings. The van der Waals surface area contributed by atoms with Crippen LogP contribution in [0, 0.1) is 0 Å². The number of methoxy groups -OCH3 is 2. The second-order valence-electron chi connectivity index (χ2n) is 4.38. The molecule has 0 aliphatic heterocycles. The van der Waals surface area contributed by atoms with E-state index in [2.05, 4.69) is 5.32 Å². The average molecular weight is 292 g/mol. The number of rotatable bonds is 6. The molecule has 2 rings (SSSR count). The van der Waals surface area contributed by atoms with Gasteiger partial charge in [-0.05, 0) is 29.3 Å². The Hall–Kier alpha value is -1.71. The normalized spacial score (nSPS) is 10.3. The molecule has 3 nitrogen and oxygen atoms in total. The van der Waals surface area contributed by atoms with E-state index in [0.717, 1.165) is 40.7 Å². The quantitative estimate of drug-likeness (QED) is 0.881. The molecule has 0 aliphatic carbocycles. The van der Waals surface area contributed by atoms with E-state index in [-0.39, 0.29) is 0 Å². The molecule has 0 aliphatic rings. The lowest BCUT2D eigenvalue weighted by Gasteiger charge is -2.10. The first-order valence-electron chi connectivity index (χ1n) is 6.39. The largest absolute Gasteiger partial charge is 0.493 e. The van der Waals surface area contributed by atoms with Crippen molar-refractivity contribution in [1.82, 2.24) is 5.32 Å². The highest BCUT2D eigenvalue weighted by atomic mass is 35.5. The van der Waals surface area contributed by atoms with Crippen molar-refractivity contribution in [3.63, 3.8) is 0 Å². The molecule has 0 fully saturated rings. The van der Waals surface area contributed by atoms with E-state index in [0.29, 0.717) is 0 Å². The first-order chi connectivity index (χ1) is 9.74. The van der Waals surface area contributed by atoms with Crippen molar-refractivity contribution in [2.45, 2.75) is 13.1 Å². The van der Waals surface area contributed by atoms with Crippen LogP contribution < -0.4 is 14.8 Å². The van der Waals surface area contributed by atoms with Gasteiger partial charge in [-0.2, -0.15) is 0 Å². The maximum absolute atomic E-state index is 6.12. The molecule has 1 N–H and O–H groups in total.